The predicted molar refractivity (Wildman–Crippen MR) is 80.3 cm³/mol. The maximum absolute atomic E-state index is 2.48. The van der Waals surface area contributed by atoms with Crippen LogP contribution in [0, 0.1) is 28.6 Å². The lowest BCUT2D eigenvalue weighted by Gasteiger charge is -2.49. The summed E-state index contributed by atoms with van der Waals surface area (Å²) >= 11 is 0. The Hall–Kier alpha value is 0. The Morgan fingerprint density at radius 3 is 1.59 bits per heavy atom. The molecule has 0 heterocycles. The molecule has 0 radical (unpaired) electrons. The van der Waals surface area contributed by atoms with E-state index in [0.717, 1.165) is 17.8 Å². The summed E-state index contributed by atoms with van der Waals surface area (Å²) in [4.78, 5) is 0. The third-order valence-electron chi connectivity index (χ3n) is 6.26. The van der Waals surface area contributed by atoms with Crippen LogP contribution in [0.4, 0.5) is 0 Å². The molecule has 0 aliphatic carbocycles. The predicted octanol–water partition coefficient (Wildman–Crippen LogP) is 6.16. The molecule has 0 aromatic heterocycles. The summed E-state index contributed by atoms with van der Waals surface area (Å²) in [5.74, 6) is 2.50. The van der Waals surface area contributed by atoms with Crippen LogP contribution in [0.15, 0.2) is 0 Å². The minimum Gasteiger partial charge on any atom is -0.0651 e. The SMILES string of the molecule is CCC(C)C(CC)C(C)C(C)(C)C(C)(C)CC. The fraction of sp³-hybridized carbons (Fsp3) is 1.00. The molecule has 3 unspecified atom stereocenters. The Morgan fingerprint density at radius 2 is 1.29 bits per heavy atom. The molecule has 17 heavy (non-hydrogen) atoms. The molecule has 0 fully saturated rings. The summed E-state index contributed by atoms with van der Waals surface area (Å²) in [7, 11) is 0. The van der Waals surface area contributed by atoms with Gasteiger partial charge in [-0.25, -0.2) is 0 Å². The summed E-state index contributed by atoms with van der Waals surface area (Å²) in [6.07, 6.45) is 3.89. The molecule has 0 aliphatic heterocycles. The molecule has 0 nitrogen and oxygen atoms in total. The van der Waals surface area contributed by atoms with E-state index in [2.05, 4.69) is 62.3 Å². The minimum atomic E-state index is 0.409. The molecule has 0 heteroatoms. The third-order valence-corrected chi connectivity index (χ3v) is 6.26. The van der Waals surface area contributed by atoms with Crippen molar-refractivity contribution in [2.75, 3.05) is 0 Å². The molecule has 0 bridgehead atoms. The van der Waals surface area contributed by atoms with E-state index in [1.807, 2.05) is 0 Å². The second-order valence-electron chi connectivity index (χ2n) is 7.21. The minimum absolute atomic E-state index is 0.409. The van der Waals surface area contributed by atoms with Crippen LogP contribution in [0.3, 0.4) is 0 Å². The van der Waals surface area contributed by atoms with E-state index in [4.69, 9.17) is 0 Å². The lowest BCUT2D eigenvalue weighted by atomic mass is 9.56. The maximum Gasteiger partial charge on any atom is -0.0275 e. The Balaban J connectivity index is 5.05. The lowest BCUT2D eigenvalue weighted by Crippen LogP contribution is -2.42. The molecule has 0 amide bonds. The van der Waals surface area contributed by atoms with Crippen LogP contribution < -0.4 is 0 Å². The molecule has 0 saturated heterocycles. The van der Waals surface area contributed by atoms with Gasteiger partial charge in [0.25, 0.3) is 0 Å². The van der Waals surface area contributed by atoms with Gasteiger partial charge in [-0.2, -0.15) is 0 Å². The lowest BCUT2D eigenvalue weighted by molar-refractivity contribution is -0.00229. The molecule has 0 spiro atoms. The second kappa shape index (κ2) is 6.25. The van der Waals surface area contributed by atoms with E-state index in [1.54, 1.807) is 0 Å². The van der Waals surface area contributed by atoms with Gasteiger partial charge in [0.05, 0.1) is 0 Å². The van der Waals surface area contributed by atoms with Crippen molar-refractivity contribution in [3.63, 3.8) is 0 Å². The van der Waals surface area contributed by atoms with E-state index < -0.39 is 0 Å². The first kappa shape index (κ1) is 17.0. The maximum atomic E-state index is 2.48. The first-order valence-electron chi connectivity index (χ1n) is 7.65. The molecule has 0 aromatic carbocycles. The van der Waals surface area contributed by atoms with Crippen molar-refractivity contribution in [2.24, 2.45) is 28.6 Å². The number of hydrogen-bond acceptors (Lipinski definition) is 0. The van der Waals surface area contributed by atoms with Gasteiger partial charge in [0, 0.05) is 0 Å². The van der Waals surface area contributed by atoms with Crippen LogP contribution in [0.25, 0.3) is 0 Å². The van der Waals surface area contributed by atoms with Crippen molar-refractivity contribution >= 4 is 0 Å². The summed E-state index contributed by atoms with van der Waals surface area (Å²) < 4.78 is 0. The normalized spacial score (nSPS) is 18.9. The smallest absolute Gasteiger partial charge is 0.0275 e. The van der Waals surface area contributed by atoms with Crippen molar-refractivity contribution in [1.29, 1.82) is 0 Å². The molecule has 0 saturated carbocycles. The van der Waals surface area contributed by atoms with Gasteiger partial charge in [0.1, 0.15) is 0 Å². The molecule has 0 aromatic rings. The number of hydrogen-bond donors (Lipinski definition) is 0. The summed E-state index contributed by atoms with van der Waals surface area (Å²) in [5.41, 5.74) is 0.832. The fourth-order valence-corrected chi connectivity index (χ4v) is 3.16. The molecular formula is C17H36. The van der Waals surface area contributed by atoms with Crippen LogP contribution >= 0.6 is 0 Å². The summed E-state index contributed by atoms with van der Waals surface area (Å²) in [5, 5.41) is 0. The van der Waals surface area contributed by atoms with E-state index in [-0.39, 0.29) is 0 Å². The van der Waals surface area contributed by atoms with Crippen molar-refractivity contribution in [3.05, 3.63) is 0 Å². The zero-order chi connectivity index (χ0) is 13.9. The first-order valence-corrected chi connectivity index (χ1v) is 7.65. The highest BCUT2D eigenvalue weighted by Gasteiger charge is 2.43. The zero-order valence-electron chi connectivity index (χ0n) is 13.9. The topological polar surface area (TPSA) is 0 Å². The molecular weight excluding hydrogens is 204 g/mol. The highest BCUT2D eigenvalue weighted by atomic mass is 14.5. The highest BCUT2D eigenvalue weighted by molar-refractivity contribution is 4.92. The largest absolute Gasteiger partial charge is 0.0651 e. The standard InChI is InChI=1S/C17H36/c1-10-13(4)15(11-2)14(5)17(8,9)16(6,7)12-3/h13-15H,10-12H2,1-9H3. The van der Waals surface area contributed by atoms with Gasteiger partial charge in [-0.1, -0.05) is 81.6 Å². The fourth-order valence-electron chi connectivity index (χ4n) is 3.16. The van der Waals surface area contributed by atoms with Gasteiger partial charge in [-0.05, 0) is 28.6 Å². The van der Waals surface area contributed by atoms with Crippen LogP contribution in [0.2, 0.25) is 0 Å². The van der Waals surface area contributed by atoms with Crippen molar-refractivity contribution < 1.29 is 0 Å². The van der Waals surface area contributed by atoms with Crippen LogP contribution in [0.5, 0.6) is 0 Å². The van der Waals surface area contributed by atoms with Gasteiger partial charge in [0.15, 0.2) is 0 Å². The molecule has 3 atom stereocenters. The zero-order valence-corrected chi connectivity index (χ0v) is 13.9. The molecule has 0 rings (SSSR count). The highest BCUT2D eigenvalue weighted by Crippen LogP contribution is 2.50. The van der Waals surface area contributed by atoms with Crippen molar-refractivity contribution in [1.82, 2.24) is 0 Å². The van der Waals surface area contributed by atoms with Crippen molar-refractivity contribution in [2.45, 2.75) is 81.6 Å². The van der Waals surface area contributed by atoms with Gasteiger partial charge < -0.3 is 0 Å². The van der Waals surface area contributed by atoms with E-state index in [0.29, 0.717) is 10.8 Å². The molecule has 0 N–H and O–H groups in total. The van der Waals surface area contributed by atoms with E-state index >= 15 is 0 Å². The van der Waals surface area contributed by atoms with E-state index in [1.165, 1.54) is 19.3 Å². The van der Waals surface area contributed by atoms with Crippen LogP contribution in [-0.4, -0.2) is 0 Å². The van der Waals surface area contributed by atoms with Crippen LogP contribution in [0.1, 0.15) is 81.6 Å². The number of rotatable bonds is 7. The summed E-state index contributed by atoms with van der Waals surface area (Å²) in [6.45, 7) is 21.8. The average molecular weight is 240 g/mol. The first-order chi connectivity index (χ1) is 7.65. The monoisotopic (exact) mass is 240 g/mol. The Morgan fingerprint density at radius 1 is 0.824 bits per heavy atom. The molecule has 104 valence electrons. The van der Waals surface area contributed by atoms with Crippen LogP contribution in [-0.2, 0) is 0 Å². The average Bonchev–Trinajstić information content (AvgIpc) is 2.28. The van der Waals surface area contributed by atoms with Gasteiger partial charge in [0.2, 0.25) is 0 Å². The summed E-state index contributed by atoms with van der Waals surface area (Å²) in [6, 6.07) is 0. The van der Waals surface area contributed by atoms with Gasteiger partial charge >= 0.3 is 0 Å². The Kier molecular flexibility index (Phi) is 6.25. The quantitative estimate of drug-likeness (QED) is 0.500. The Labute approximate surface area is 111 Å². The third kappa shape index (κ3) is 3.48. The van der Waals surface area contributed by atoms with Crippen molar-refractivity contribution in [3.8, 4) is 0 Å². The van der Waals surface area contributed by atoms with Gasteiger partial charge in [-0.15, -0.1) is 0 Å². The second-order valence-corrected chi connectivity index (χ2v) is 7.21. The Bertz CT molecular complexity index is 212. The van der Waals surface area contributed by atoms with Gasteiger partial charge in [-0.3, -0.25) is 0 Å². The molecule has 0 aliphatic rings. The van der Waals surface area contributed by atoms with E-state index in [9.17, 15) is 0 Å².